The van der Waals surface area contributed by atoms with Gasteiger partial charge in [-0.3, -0.25) is 20.2 Å². The number of methoxy groups -OCH3 is 2. The van der Waals surface area contributed by atoms with Crippen molar-refractivity contribution >= 4 is 28.6 Å². The molecule has 1 aromatic carbocycles. The molecule has 0 bridgehead atoms. The normalized spacial score (nSPS) is 10.8. The number of rotatable bonds is 9. The van der Waals surface area contributed by atoms with Gasteiger partial charge in [-0.25, -0.2) is 4.98 Å². The maximum atomic E-state index is 11.6. The molecule has 9 heteroatoms. The summed E-state index contributed by atoms with van der Waals surface area (Å²) < 4.78 is 12.2. The number of anilines is 1. The Morgan fingerprint density at radius 1 is 1.17 bits per heavy atom. The summed E-state index contributed by atoms with van der Waals surface area (Å²) in [5.41, 5.74) is 1.30. The van der Waals surface area contributed by atoms with E-state index in [1.807, 2.05) is 13.8 Å². The number of carbonyl (C=O) groups is 1. The van der Waals surface area contributed by atoms with E-state index < -0.39 is 0 Å². The molecule has 1 heterocycles. The highest BCUT2D eigenvalue weighted by Crippen LogP contribution is 2.31. The van der Waals surface area contributed by atoms with E-state index >= 15 is 0 Å². The molecule has 0 saturated carbocycles. The fraction of sp³-hybridized carbons (Fsp3) is 0.500. The Hall–Kier alpha value is -3.10. The van der Waals surface area contributed by atoms with Gasteiger partial charge in [0, 0.05) is 31.1 Å². The van der Waals surface area contributed by atoms with Crippen LogP contribution in [0.4, 0.5) is 5.82 Å². The molecule has 2 aromatic rings. The summed E-state index contributed by atoms with van der Waals surface area (Å²) in [6.07, 6.45) is 1.63. The average molecular weight is 402 g/mol. The highest BCUT2D eigenvalue weighted by atomic mass is 16.5. The second kappa shape index (κ2) is 9.90. The number of aromatic nitrogens is 2. The van der Waals surface area contributed by atoms with E-state index in [0.29, 0.717) is 41.4 Å². The van der Waals surface area contributed by atoms with E-state index in [0.717, 1.165) is 12.8 Å². The first-order chi connectivity index (χ1) is 13.8. The van der Waals surface area contributed by atoms with Gasteiger partial charge in [0.05, 0.1) is 25.3 Å². The molecule has 1 aromatic heterocycles. The lowest BCUT2D eigenvalue weighted by Crippen LogP contribution is -2.30. The van der Waals surface area contributed by atoms with Crippen LogP contribution in [0.25, 0.3) is 11.0 Å². The quantitative estimate of drug-likeness (QED) is 0.291. The van der Waals surface area contributed by atoms with E-state index in [2.05, 4.69) is 15.6 Å². The van der Waals surface area contributed by atoms with Gasteiger partial charge in [0.2, 0.25) is 5.91 Å². The van der Waals surface area contributed by atoms with Crippen molar-refractivity contribution in [3.05, 3.63) is 17.6 Å². The van der Waals surface area contributed by atoms with Gasteiger partial charge in [0.15, 0.2) is 22.8 Å². The number of carbonyl (C=O) groups excluding carboxylic acids is 1. The Labute approximate surface area is 170 Å². The second-order valence-electron chi connectivity index (χ2n) is 7.01. The molecular formula is C20H30N6O3. The fourth-order valence-corrected chi connectivity index (χ4v) is 2.87. The van der Waals surface area contributed by atoms with Gasteiger partial charge < -0.3 is 20.1 Å². The van der Waals surface area contributed by atoms with E-state index in [4.69, 9.17) is 20.3 Å². The number of amides is 1. The minimum atomic E-state index is -0.0174. The van der Waals surface area contributed by atoms with E-state index in [1.54, 1.807) is 33.3 Å². The summed E-state index contributed by atoms with van der Waals surface area (Å²) in [7, 11) is 3.09. The molecule has 0 saturated heterocycles. The lowest BCUT2D eigenvalue weighted by molar-refractivity contribution is -0.123. The summed E-state index contributed by atoms with van der Waals surface area (Å²) in [5.74, 6) is 1.67. The highest BCUT2D eigenvalue weighted by Gasteiger charge is 2.14. The Balaban J connectivity index is 2.19. The van der Waals surface area contributed by atoms with Gasteiger partial charge in [-0.15, -0.1) is 0 Å². The molecule has 0 spiro atoms. The summed E-state index contributed by atoms with van der Waals surface area (Å²) in [6, 6.07) is 3.46. The largest absolute Gasteiger partial charge is 0.493 e. The summed E-state index contributed by atoms with van der Waals surface area (Å²) >= 11 is 0. The van der Waals surface area contributed by atoms with E-state index in [9.17, 15) is 4.79 Å². The Morgan fingerprint density at radius 2 is 1.79 bits per heavy atom. The molecule has 0 aliphatic heterocycles. The minimum absolute atomic E-state index is 0.0174. The number of hydrogen-bond donors (Lipinski definition) is 4. The Kier molecular flexibility index (Phi) is 7.58. The minimum Gasteiger partial charge on any atom is -0.493 e. The zero-order chi connectivity index (χ0) is 21.6. The SMILES string of the molecule is COc1cc2nc(NCCCCNC(=O)C(C)C)c(=N)n(C(C)=N)c2cc1OC. The molecule has 9 nitrogen and oxygen atoms in total. The van der Waals surface area contributed by atoms with Crippen molar-refractivity contribution in [2.24, 2.45) is 5.92 Å². The molecule has 0 radical (unpaired) electrons. The van der Waals surface area contributed by atoms with Gasteiger partial charge in [0.25, 0.3) is 0 Å². The molecule has 0 aliphatic carbocycles. The molecule has 29 heavy (non-hydrogen) atoms. The van der Waals surface area contributed by atoms with Crippen LogP contribution in [0.5, 0.6) is 11.5 Å². The van der Waals surface area contributed by atoms with Crippen molar-refractivity contribution in [3.63, 3.8) is 0 Å². The van der Waals surface area contributed by atoms with Crippen molar-refractivity contribution < 1.29 is 14.3 Å². The number of nitrogens with one attached hydrogen (secondary N) is 4. The lowest BCUT2D eigenvalue weighted by Gasteiger charge is -2.16. The van der Waals surface area contributed by atoms with Crippen LogP contribution in [0.2, 0.25) is 0 Å². The monoisotopic (exact) mass is 402 g/mol. The van der Waals surface area contributed by atoms with Crippen LogP contribution < -0.4 is 25.6 Å². The molecule has 1 amide bonds. The van der Waals surface area contributed by atoms with E-state index in [-0.39, 0.29) is 23.1 Å². The van der Waals surface area contributed by atoms with Crippen LogP contribution in [0, 0.1) is 16.7 Å². The van der Waals surface area contributed by atoms with Crippen LogP contribution in [-0.4, -0.2) is 48.6 Å². The first-order valence-corrected chi connectivity index (χ1v) is 9.60. The van der Waals surface area contributed by atoms with Crippen molar-refractivity contribution in [3.8, 4) is 11.5 Å². The molecule has 4 N–H and O–H groups in total. The smallest absolute Gasteiger partial charge is 0.222 e. The second-order valence-corrected chi connectivity index (χ2v) is 7.01. The zero-order valence-corrected chi connectivity index (χ0v) is 17.7. The van der Waals surface area contributed by atoms with Crippen LogP contribution in [-0.2, 0) is 4.79 Å². The maximum Gasteiger partial charge on any atom is 0.222 e. The third-order valence-corrected chi connectivity index (χ3v) is 4.46. The van der Waals surface area contributed by atoms with Gasteiger partial charge in [-0.2, -0.15) is 0 Å². The van der Waals surface area contributed by atoms with Crippen molar-refractivity contribution in [1.82, 2.24) is 14.9 Å². The third-order valence-electron chi connectivity index (χ3n) is 4.46. The molecular weight excluding hydrogens is 372 g/mol. The summed E-state index contributed by atoms with van der Waals surface area (Å²) in [4.78, 5) is 16.1. The average Bonchev–Trinajstić information content (AvgIpc) is 2.69. The van der Waals surface area contributed by atoms with Crippen LogP contribution >= 0.6 is 0 Å². The fourth-order valence-electron chi connectivity index (χ4n) is 2.87. The number of ether oxygens (including phenoxy) is 2. The van der Waals surface area contributed by atoms with Gasteiger partial charge in [-0.05, 0) is 19.8 Å². The molecule has 0 atom stereocenters. The molecule has 0 aliphatic rings. The zero-order valence-electron chi connectivity index (χ0n) is 17.7. The number of hydrogen-bond acceptors (Lipinski definition) is 7. The van der Waals surface area contributed by atoms with Crippen LogP contribution in [0.1, 0.15) is 33.6 Å². The standard InChI is InChI=1S/C20H30N6O3/c1-12(2)20(27)24-9-7-6-8-23-19-18(22)26(13(3)21)15-11-17(29-5)16(28-4)10-14(15)25-19/h10-12,21-22H,6-9H2,1-5H3,(H,23,25)(H,24,27). The van der Waals surface area contributed by atoms with Crippen LogP contribution in [0.3, 0.4) is 0 Å². The first-order valence-electron chi connectivity index (χ1n) is 9.60. The topological polar surface area (TPSA) is 125 Å². The van der Waals surface area contributed by atoms with Gasteiger partial charge in [0.1, 0.15) is 5.84 Å². The number of nitrogens with zero attached hydrogens (tertiary/aromatic N) is 2. The lowest BCUT2D eigenvalue weighted by atomic mass is 10.2. The van der Waals surface area contributed by atoms with Crippen molar-refractivity contribution in [1.29, 1.82) is 10.8 Å². The van der Waals surface area contributed by atoms with E-state index in [1.165, 1.54) is 4.57 Å². The predicted molar refractivity (Wildman–Crippen MR) is 113 cm³/mol. The molecule has 158 valence electrons. The van der Waals surface area contributed by atoms with Crippen LogP contribution in [0.15, 0.2) is 12.1 Å². The molecule has 0 fully saturated rings. The van der Waals surface area contributed by atoms with Crippen molar-refractivity contribution in [2.45, 2.75) is 33.6 Å². The number of fused-ring (bicyclic) bond motifs is 1. The van der Waals surface area contributed by atoms with Gasteiger partial charge in [-0.1, -0.05) is 13.8 Å². The first kappa shape index (κ1) is 22.2. The highest BCUT2D eigenvalue weighted by molar-refractivity contribution is 5.92. The van der Waals surface area contributed by atoms with Gasteiger partial charge >= 0.3 is 0 Å². The Bertz CT molecular complexity index is 951. The predicted octanol–water partition coefficient (Wildman–Crippen LogP) is 2.34. The number of unbranched alkanes of at least 4 members (excludes halogenated alkanes) is 1. The Morgan fingerprint density at radius 3 is 2.38 bits per heavy atom. The third kappa shape index (κ3) is 5.24. The maximum absolute atomic E-state index is 11.6. The summed E-state index contributed by atoms with van der Waals surface area (Å²) in [6.45, 7) is 6.57. The number of benzene rings is 1. The van der Waals surface area contributed by atoms with Crippen molar-refractivity contribution in [2.75, 3.05) is 32.6 Å². The summed E-state index contributed by atoms with van der Waals surface area (Å²) in [5, 5.41) is 22.6. The molecule has 2 rings (SSSR count). The molecule has 0 unspecified atom stereocenters.